The average Bonchev–Trinajstić information content (AvgIpc) is 3.30. The number of nitrogens with one attached hydrogen (secondary N) is 3. The van der Waals surface area contributed by atoms with Gasteiger partial charge in [-0.2, -0.15) is 18.3 Å². The number of aromatic amines is 1. The Morgan fingerprint density at radius 1 is 1.15 bits per heavy atom. The van der Waals surface area contributed by atoms with Crippen molar-refractivity contribution in [2.45, 2.75) is 12.0 Å². The number of benzene rings is 1. The lowest BCUT2D eigenvalue weighted by Gasteiger charge is -2.38. The van der Waals surface area contributed by atoms with Crippen LogP contribution < -0.4 is 16.4 Å². The van der Waals surface area contributed by atoms with Crippen LogP contribution in [0.2, 0.25) is 0 Å². The fourth-order valence-corrected chi connectivity index (χ4v) is 2.81. The van der Waals surface area contributed by atoms with E-state index in [4.69, 9.17) is 5.73 Å². The Labute approximate surface area is 151 Å². The quantitative estimate of drug-likeness (QED) is 0.556. The van der Waals surface area contributed by atoms with Crippen molar-refractivity contribution in [1.82, 2.24) is 25.1 Å². The van der Waals surface area contributed by atoms with Gasteiger partial charge in [0.05, 0.1) is 11.3 Å². The SMILES string of the molecule is NC1(c2ccc(-n3cncn3)cc2)NC(=NCC(F)(F)F)c2cc[nH]c2N1. The van der Waals surface area contributed by atoms with E-state index in [0.29, 0.717) is 16.9 Å². The molecule has 0 radical (unpaired) electrons. The first-order valence-electron chi connectivity index (χ1n) is 7.94. The molecule has 3 aromatic rings. The van der Waals surface area contributed by atoms with E-state index in [2.05, 4.69) is 30.7 Å². The van der Waals surface area contributed by atoms with E-state index in [1.807, 2.05) is 0 Å². The number of amidine groups is 1. The summed E-state index contributed by atoms with van der Waals surface area (Å²) in [5.74, 6) is -0.800. The molecule has 8 nitrogen and oxygen atoms in total. The molecule has 27 heavy (non-hydrogen) atoms. The van der Waals surface area contributed by atoms with Gasteiger partial charge in [0.1, 0.15) is 30.9 Å². The van der Waals surface area contributed by atoms with Crippen LogP contribution in [0.3, 0.4) is 0 Å². The maximum Gasteiger partial charge on any atom is 0.408 e. The van der Waals surface area contributed by atoms with Crippen LogP contribution in [-0.2, 0) is 5.79 Å². The van der Waals surface area contributed by atoms with Crippen molar-refractivity contribution in [3.05, 3.63) is 60.3 Å². The number of halogens is 3. The van der Waals surface area contributed by atoms with Crippen LogP contribution in [-0.4, -0.2) is 38.3 Å². The summed E-state index contributed by atoms with van der Waals surface area (Å²) in [6.07, 6.45) is 0.158. The lowest BCUT2D eigenvalue weighted by atomic mass is 10.0. The molecule has 2 aromatic heterocycles. The highest BCUT2D eigenvalue weighted by Crippen LogP contribution is 2.28. The van der Waals surface area contributed by atoms with Crippen LogP contribution >= 0.6 is 0 Å². The first-order valence-corrected chi connectivity index (χ1v) is 7.94. The maximum atomic E-state index is 12.6. The lowest BCUT2D eigenvalue weighted by molar-refractivity contribution is -0.118. The molecule has 4 rings (SSSR count). The van der Waals surface area contributed by atoms with Crippen molar-refractivity contribution in [3.63, 3.8) is 0 Å². The van der Waals surface area contributed by atoms with Gasteiger partial charge in [-0.25, -0.2) is 9.67 Å². The van der Waals surface area contributed by atoms with Gasteiger partial charge in [-0.05, 0) is 18.2 Å². The average molecular weight is 376 g/mol. The molecular weight excluding hydrogens is 361 g/mol. The van der Waals surface area contributed by atoms with Crippen molar-refractivity contribution in [3.8, 4) is 5.69 Å². The smallest absolute Gasteiger partial charge is 0.348 e. The minimum Gasteiger partial charge on any atom is -0.348 e. The summed E-state index contributed by atoms with van der Waals surface area (Å²) in [6.45, 7) is -1.30. The number of nitrogens with zero attached hydrogens (tertiary/aromatic N) is 4. The molecule has 0 amide bonds. The zero-order valence-corrected chi connectivity index (χ0v) is 13.8. The van der Waals surface area contributed by atoms with E-state index in [1.54, 1.807) is 47.5 Å². The summed E-state index contributed by atoms with van der Waals surface area (Å²) in [6, 6.07) is 8.66. The van der Waals surface area contributed by atoms with Crippen molar-refractivity contribution in [2.75, 3.05) is 11.9 Å². The lowest BCUT2D eigenvalue weighted by Crippen LogP contribution is -2.61. The molecule has 0 spiro atoms. The third-order valence-electron chi connectivity index (χ3n) is 4.06. The normalized spacial score (nSPS) is 20.8. The summed E-state index contributed by atoms with van der Waals surface area (Å²) in [5, 5.41) is 9.98. The fourth-order valence-electron chi connectivity index (χ4n) is 2.81. The molecule has 140 valence electrons. The molecule has 1 aliphatic rings. The highest BCUT2D eigenvalue weighted by atomic mass is 19.4. The van der Waals surface area contributed by atoms with Crippen LogP contribution in [0.25, 0.3) is 5.69 Å². The van der Waals surface area contributed by atoms with Crippen molar-refractivity contribution in [2.24, 2.45) is 10.7 Å². The molecule has 1 aromatic carbocycles. The van der Waals surface area contributed by atoms with Crippen LogP contribution in [0.15, 0.2) is 54.2 Å². The Hall–Kier alpha value is -3.34. The van der Waals surface area contributed by atoms with E-state index >= 15 is 0 Å². The monoisotopic (exact) mass is 376 g/mol. The largest absolute Gasteiger partial charge is 0.408 e. The van der Waals surface area contributed by atoms with Crippen LogP contribution in [0.5, 0.6) is 0 Å². The number of alkyl halides is 3. The molecule has 1 atom stereocenters. The molecule has 1 unspecified atom stereocenters. The summed E-state index contributed by atoms with van der Waals surface area (Å²) < 4.78 is 39.4. The molecule has 1 aliphatic heterocycles. The number of hydrogen-bond donors (Lipinski definition) is 4. The fraction of sp³-hybridized carbons (Fsp3) is 0.188. The Balaban J connectivity index is 1.66. The number of aliphatic imine (C=N–C) groups is 1. The second-order valence-electron chi connectivity index (χ2n) is 5.99. The number of anilines is 1. The number of fused-ring (bicyclic) bond motifs is 1. The number of rotatable bonds is 3. The Morgan fingerprint density at radius 2 is 1.93 bits per heavy atom. The van der Waals surface area contributed by atoms with Crippen molar-refractivity contribution >= 4 is 11.7 Å². The minimum absolute atomic E-state index is 0.0603. The van der Waals surface area contributed by atoms with Gasteiger partial charge >= 0.3 is 6.18 Å². The van der Waals surface area contributed by atoms with E-state index in [0.717, 1.165) is 5.69 Å². The minimum atomic E-state index is -4.41. The highest BCUT2D eigenvalue weighted by molar-refractivity contribution is 6.05. The van der Waals surface area contributed by atoms with E-state index in [1.165, 1.54) is 6.33 Å². The topological polar surface area (TPSA) is 109 Å². The van der Waals surface area contributed by atoms with Gasteiger partial charge in [0.2, 0.25) is 0 Å². The van der Waals surface area contributed by atoms with E-state index in [-0.39, 0.29) is 5.84 Å². The van der Waals surface area contributed by atoms with Crippen molar-refractivity contribution < 1.29 is 13.2 Å². The summed E-state index contributed by atoms with van der Waals surface area (Å²) >= 11 is 0. The van der Waals surface area contributed by atoms with Crippen LogP contribution in [0.1, 0.15) is 11.1 Å². The number of aromatic nitrogens is 4. The number of nitrogens with two attached hydrogens (primary N) is 1. The van der Waals surface area contributed by atoms with E-state index < -0.39 is 18.5 Å². The van der Waals surface area contributed by atoms with Gasteiger partial charge < -0.3 is 15.6 Å². The Kier molecular flexibility index (Phi) is 3.88. The van der Waals surface area contributed by atoms with Gasteiger partial charge in [0.15, 0.2) is 5.79 Å². The molecular formula is C16H15F3N8. The number of hydrogen-bond acceptors (Lipinski definition) is 5. The van der Waals surface area contributed by atoms with Gasteiger partial charge in [0, 0.05) is 11.8 Å². The molecule has 0 saturated carbocycles. The molecule has 3 heterocycles. The molecule has 0 saturated heterocycles. The van der Waals surface area contributed by atoms with Gasteiger partial charge in [-0.1, -0.05) is 12.1 Å². The van der Waals surface area contributed by atoms with Crippen LogP contribution in [0.4, 0.5) is 19.0 Å². The maximum absolute atomic E-state index is 12.6. The second kappa shape index (κ2) is 6.13. The third kappa shape index (κ3) is 3.36. The molecule has 11 heteroatoms. The third-order valence-corrected chi connectivity index (χ3v) is 4.06. The van der Waals surface area contributed by atoms with Gasteiger partial charge in [0.25, 0.3) is 0 Å². The second-order valence-corrected chi connectivity index (χ2v) is 5.99. The molecule has 5 N–H and O–H groups in total. The number of H-pyrrole nitrogens is 1. The summed E-state index contributed by atoms with van der Waals surface area (Å²) in [4.78, 5) is 10.5. The Bertz CT molecular complexity index is 958. The highest BCUT2D eigenvalue weighted by Gasteiger charge is 2.36. The van der Waals surface area contributed by atoms with Gasteiger partial charge in [-0.15, -0.1) is 0 Å². The van der Waals surface area contributed by atoms with Gasteiger partial charge in [-0.3, -0.25) is 10.7 Å². The first kappa shape index (κ1) is 17.1. The molecule has 0 fully saturated rings. The standard InChI is InChI=1S/C16H15F3N8/c17-15(18,19)7-23-14-12-5-6-22-13(12)25-16(20,26-14)10-1-3-11(4-2-10)27-9-21-8-24-27/h1-6,8-9,22,25H,7,20H2,(H,23,26). The molecule has 0 bridgehead atoms. The predicted molar refractivity (Wildman–Crippen MR) is 92.2 cm³/mol. The molecule has 0 aliphatic carbocycles. The summed E-state index contributed by atoms with van der Waals surface area (Å²) in [5.41, 5.74) is 8.27. The van der Waals surface area contributed by atoms with Crippen LogP contribution in [0, 0.1) is 0 Å². The first-order chi connectivity index (χ1) is 12.8. The zero-order valence-electron chi connectivity index (χ0n) is 13.8. The predicted octanol–water partition coefficient (Wildman–Crippen LogP) is 1.69. The summed E-state index contributed by atoms with van der Waals surface area (Å²) in [7, 11) is 0. The van der Waals surface area contributed by atoms with E-state index in [9.17, 15) is 13.2 Å². The Morgan fingerprint density at radius 3 is 2.59 bits per heavy atom. The zero-order chi connectivity index (χ0) is 19.1. The van der Waals surface area contributed by atoms with Crippen molar-refractivity contribution in [1.29, 1.82) is 0 Å².